The molecule has 0 radical (unpaired) electrons. The number of carbonyl (C=O) groups is 1. The molecule has 2 aromatic rings. The lowest BCUT2D eigenvalue weighted by Gasteiger charge is -2.32. The zero-order valence-electron chi connectivity index (χ0n) is 18.9. The van der Waals surface area contributed by atoms with Gasteiger partial charge in [-0.2, -0.15) is 0 Å². The molecule has 2 atom stereocenters. The molecule has 1 aromatic heterocycles. The van der Waals surface area contributed by atoms with Gasteiger partial charge in [-0.25, -0.2) is 9.97 Å². The lowest BCUT2D eigenvalue weighted by molar-refractivity contribution is -0.137. The second kappa shape index (κ2) is 11.2. The van der Waals surface area contributed by atoms with Crippen molar-refractivity contribution in [1.82, 2.24) is 9.97 Å². The van der Waals surface area contributed by atoms with Crippen molar-refractivity contribution >= 4 is 17.3 Å². The van der Waals surface area contributed by atoms with Gasteiger partial charge in [0.2, 0.25) is 0 Å². The van der Waals surface area contributed by atoms with Crippen molar-refractivity contribution in [2.75, 3.05) is 18.5 Å². The second-order valence-electron chi connectivity index (χ2n) is 8.38. The smallest absolute Gasteiger partial charge is 0.303 e. The van der Waals surface area contributed by atoms with E-state index in [1.165, 1.54) is 5.56 Å². The summed E-state index contributed by atoms with van der Waals surface area (Å²) in [6.45, 7) is 7.98. The molecule has 6 heteroatoms. The molecular formula is C25H35N3O3. The Kier molecular flexibility index (Phi) is 8.41. The Labute approximate surface area is 185 Å². The van der Waals surface area contributed by atoms with Crippen LogP contribution in [0.3, 0.4) is 0 Å². The largest absolute Gasteiger partial charge is 0.481 e. The van der Waals surface area contributed by atoms with Gasteiger partial charge in [-0.15, -0.1) is 0 Å². The quantitative estimate of drug-likeness (QED) is 0.510. The van der Waals surface area contributed by atoms with E-state index < -0.39 is 5.97 Å². The first-order valence-electron chi connectivity index (χ1n) is 11.6. The van der Waals surface area contributed by atoms with E-state index in [4.69, 9.17) is 4.74 Å². The lowest BCUT2D eigenvalue weighted by Crippen LogP contribution is -2.22. The summed E-state index contributed by atoms with van der Waals surface area (Å²) in [5.41, 5.74) is 4.23. The van der Waals surface area contributed by atoms with Crippen LogP contribution in [0.5, 0.6) is 0 Å². The Morgan fingerprint density at radius 1 is 1.16 bits per heavy atom. The lowest BCUT2D eigenvalue weighted by atomic mass is 9.78. The average Bonchev–Trinajstić information content (AvgIpc) is 2.80. The number of carboxylic acids is 1. The van der Waals surface area contributed by atoms with E-state index in [-0.39, 0.29) is 12.3 Å². The molecule has 31 heavy (non-hydrogen) atoms. The number of nitrogens with zero attached hydrogens (tertiary/aromatic N) is 2. The molecule has 1 aliphatic heterocycles. The Morgan fingerprint density at radius 3 is 2.45 bits per heavy atom. The van der Waals surface area contributed by atoms with Gasteiger partial charge >= 0.3 is 5.97 Å². The second-order valence-corrected chi connectivity index (χ2v) is 8.38. The minimum absolute atomic E-state index is 0.00558. The van der Waals surface area contributed by atoms with Crippen molar-refractivity contribution in [3.8, 4) is 0 Å². The van der Waals surface area contributed by atoms with E-state index in [1.807, 2.05) is 26.2 Å². The molecule has 1 saturated heterocycles. The number of aliphatic carboxylic acids is 1. The predicted octanol–water partition coefficient (Wildman–Crippen LogP) is 5.67. The SMILES string of the molecule is CCc1ncc(Nc2cc(C(CC)CC(=O)O)ccc2C(CC)C2CCOCC2)cn1. The molecule has 0 amide bonds. The summed E-state index contributed by atoms with van der Waals surface area (Å²) >= 11 is 0. The third-order valence-corrected chi connectivity index (χ3v) is 6.44. The number of aromatic nitrogens is 2. The van der Waals surface area contributed by atoms with Gasteiger partial charge in [0.05, 0.1) is 24.5 Å². The van der Waals surface area contributed by atoms with E-state index in [0.717, 1.165) is 68.1 Å². The Morgan fingerprint density at radius 2 is 1.87 bits per heavy atom. The van der Waals surface area contributed by atoms with Crippen LogP contribution < -0.4 is 5.32 Å². The predicted molar refractivity (Wildman–Crippen MR) is 123 cm³/mol. The van der Waals surface area contributed by atoms with Crippen molar-refractivity contribution in [2.45, 2.75) is 71.1 Å². The number of ether oxygens (including phenoxy) is 1. The Balaban J connectivity index is 1.97. The Bertz CT molecular complexity index is 848. The number of aryl methyl sites for hydroxylation is 1. The summed E-state index contributed by atoms with van der Waals surface area (Å²) in [6, 6.07) is 6.46. The van der Waals surface area contributed by atoms with E-state index in [2.05, 4.69) is 40.4 Å². The molecule has 0 bridgehead atoms. The molecular weight excluding hydrogens is 390 g/mol. The molecule has 1 aromatic carbocycles. The first kappa shape index (κ1) is 23.2. The summed E-state index contributed by atoms with van der Waals surface area (Å²) in [5.74, 6) is 1.07. The van der Waals surface area contributed by atoms with Crippen LogP contribution in [0.25, 0.3) is 0 Å². The van der Waals surface area contributed by atoms with Crippen molar-refractivity contribution in [3.63, 3.8) is 0 Å². The maximum atomic E-state index is 11.4. The number of rotatable bonds is 10. The first-order valence-corrected chi connectivity index (χ1v) is 11.6. The molecule has 1 fully saturated rings. The molecule has 1 aliphatic rings. The molecule has 2 heterocycles. The minimum atomic E-state index is -0.761. The fourth-order valence-corrected chi connectivity index (χ4v) is 4.65. The Hall–Kier alpha value is -2.47. The van der Waals surface area contributed by atoms with Gasteiger partial charge < -0.3 is 15.2 Å². The van der Waals surface area contributed by atoms with E-state index in [1.54, 1.807) is 0 Å². The molecule has 6 nitrogen and oxygen atoms in total. The summed E-state index contributed by atoms with van der Waals surface area (Å²) < 4.78 is 5.59. The standard InChI is InChI=1S/C25H35N3O3/c1-4-17(14-25(29)30)19-7-8-22(21(5-2)18-9-11-31-12-10-18)23(13-19)28-20-15-26-24(6-3)27-16-20/h7-8,13,15-18,21,28H,4-6,9-12,14H2,1-3H3,(H,29,30). The highest BCUT2D eigenvalue weighted by molar-refractivity contribution is 5.69. The van der Waals surface area contributed by atoms with Crippen LogP contribution in [0.15, 0.2) is 30.6 Å². The highest BCUT2D eigenvalue weighted by atomic mass is 16.5. The number of benzene rings is 1. The van der Waals surface area contributed by atoms with Gasteiger partial charge in [-0.05, 0) is 60.6 Å². The van der Waals surface area contributed by atoms with Crippen LogP contribution in [0.4, 0.5) is 11.4 Å². The van der Waals surface area contributed by atoms with Crippen molar-refractivity contribution in [3.05, 3.63) is 47.5 Å². The molecule has 0 aliphatic carbocycles. The third kappa shape index (κ3) is 6.03. The molecule has 3 rings (SSSR count). The number of carboxylic acid groups (broad SMARTS) is 1. The number of anilines is 2. The maximum absolute atomic E-state index is 11.4. The van der Waals surface area contributed by atoms with Crippen LogP contribution in [-0.2, 0) is 16.0 Å². The summed E-state index contributed by atoms with van der Waals surface area (Å²) in [4.78, 5) is 20.2. The monoisotopic (exact) mass is 425 g/mol. The molecule has 168 valence electrons. The van der Waals surface area contributed by atoms with E-state index in [9.17, 15) is 9.90 Å². The number of nitrogens with one attached hydrogen (secondary N) is 1. The summed E-state index contributed by atoms with van der Waals surface area (Å²) in [5, 5.41) is 12.9. The fourth-order valence-electron chi connectivity index (χ4n) is 4.65. The van der Waals surface area contributed by atoms with E-state index in [0.29, 0.717) is 11.8 Å². The highest BCUT2D eigenvalue weighted by Gasteiger charge is 2.27. The van der Waals surface area contributed by atoms with Gasteiger partial charge in [0.25, 0.3) is 0 Å². The fraction of sp³-hybridized carbons (Fsp3) is 0.560. The minimum Gasteiger partial charge on any atom is -0.481 e. The zero-order chi connectivity index (χ0) is 22.2. The first-order chi connectivity index (χ1) is 15.0. The van der Waals surface area contributed by atoms with Gasteiger partial charge in [-0.3, -0.25) is 4.79 Å². The maximum Gasteiger partial charge on any atom is 0.303 e. The van der Waals surface area contributed by atoms with E-state index >= 15 is 0 Å². The third-order valence-electron chi connectivity index (χ3n) is 6.44. The van der Waals surface area contributed by atoms with Gasteiger partial charge in [-0.1, -0.05) is 32.9 Å². The van der Waals surface area contributed by atoms with Crippen molar-refractivity contribution < 1.29 is 14.6 Å². The van der Waals surface area contributed by atoms with Gasteiger partial charge in [0, 0.05) is 25.3 Å². The van der Waals surface area contributed by atoms with Gasteiger partial charge in [0.15, 0.2) is 0 Å². The van der Waals surface area contributed by atoms with Crippen LogP contribution in [0.2, 0.25) is 0 Å². The molecule has 0 saturated carbocycles. The van der Waals surface area contributed by atoms with Crippen LogP contribution in [0.1, 0.15) is 81.7 Å². The topological polar surface area (TPSA) is 84.3 Å². The molecule has 2 N–H and O–H groups in total. The van der Waals surface area contributed by atoms with Crippen molar-refractivity contribution in [1.29, 1.82) is 0 Å². The van der Waals surface area contributed by atoms with Crippen LogP contribution in [-0.4, -0.2) is 34.3 Å². The summed E-state index contributed by atoms with van der Waals surface area (Å²) in [7, 11) is 0. The average molecular weight is 426 g/mol. The van der Waals surface area contributed by atoms with Crippen LogP contribution >= 0.6 is 0 Å². The number of hydrogen-bond donors (Lipinski definition) is 2. The normalized spacial score (nSPS) is 16.6. The number of hydrogen-bond acceptors (Lipinski definition) is 5. The zero-order valence-corrected chi connectivity index (χ0v) is 18.9. The van der Waals surface area contributed by atoms with Gasteiger partial charge in [0.1, 0.15) is 5.82 Å². The highest BCUT2D eigenvalue weighted by Crippen LogP contribution is 2.40. The summed E-state index contributed by atoms with van der Waals surface area (Å²) in [6.07, 6.45) is 8.58. The van der Waals surface area contributed by atoms with Crippen molar-refractivity contribution in [2.24, 2.45) is 5.92 Å². The van der Waals surface area contributed by atoms with Crippen LogP contribution in [0, 0.1) is 5.92 Å². The molecule has 2 unspecified atom stereocenters. The molecule has 0 spiro atoms.